The highest BCUT2D eigenvalue weighted by atomic mass is 32.2. The van der Waals surface area contributed by atoms with Gasteiger partial charge in [-0.1, -0.05) is 23.9 Å². The molecule has 1 heterocycles. The minimum Gasteiger partial charge on any atom is -0.353 e. The minimum absolute atomic E-state index is 0.0510. The Balaban J connectivity index is 2.40. The Hall–Kier alpha value is -1.86. The van der Waals surface area contributed by atoms with Gasteiger partial charge in [0.1, 0.15) is 0 Å². The fourth-order valence-corrected chi connectivity index (χ4v) is 4.32. The van der Waals surface area contributed by atoms with E-state index in [0.29, 0.717) is 34.7 Å². The molecule has 1 unspecified atom stereocenters. The monoisotopic (exact) mass is 418 g/mol. The molecule has 1 amide bonds. The topological polar surface area (TPSA) is 67.2 Å². The van der Waals surface area contributed by atoms with Gasteiger partial charge in [-0.25, -0.2) is 4.98 Å². The molecule has 0 aliphatic rings. The number of amides is 1. The van der Waals surface area contributed by atoms with Crippen molar-refractivity contribution in [3.05, 3.63) is 34.6 Å². The number of carbonyl (C=O) groups is 1. The van der Waals surface area contributed by atoms with Crippen LogP contribution in [0.3, 0.4) is 0 Å². The molecule has 2 rings (SSSR count). The van der Waals surface area contributed by atoms with E-state index >= 15 is 0 Å². The Bertz CT molecular complexity index is 884. The van der Waals surface area contributed by atoms with Crippen molar-refractivity contribution in [1.82, 2.24) is 19.8 Å². The third-order valence-corrected chi connectivity index (χ3v) is 5.91. The summed E-state index contributed by atoms with van der Waals surface area (Å²) in [5.41, 5.74) is 0.610. The van der Waals surface area contributed by atoms with Gasteiger partial charge in [0, 0.05) is 31.2 Å². The average Bonchev–Trinajstić information content (AvgIpc) is 2.63. The molecule has 0 saturated carbocycles. The highest BCUT2D eigenvalue weighted by molar-refractivity contribution is 8.00. The molecule has 0 fully saturated rings. The molecule has 0 aliphatic carbocycles. The molecule has 1 N–H and O–H groups in total. The van der Waals surface area contributed by atoms with E-state index in [9.17, 15) is 9.59 Å². The summed E-state index contributed by atoms with van der Waals surface area (Å²) in [6.45, 7) is 15.7. The van der Waals surface area contributed by atoms with Crippen LogP contribution in [-0.4, -0.2) is 50.3 Å². The molecule has 1 aromatic heterocycles. The van der Waals surface area contributed by atoms with Crippen molar-refractivity contribution in [3.8, 4) is 0 Å². The van der Waals surface area contributed by atoms with Crippen LogP contribution < -0.4 is 10.9 Å². The van der Waals surface area contributed by atoms with Gasteiger partial charge >= 0.3 is 0 Å². The third-order valence-electron chi connectivity index (χ3n) is 4.82. The zero-order valence-electron chi connectivity index (χ0n) is 18.6. The number of fused-ring (bicyclic) bond motifs is 1. The van der Waals surface area contributed by atoms with Gasteiger partial charge in [0.25, 0.3) is 5.56 Å². The van der Waals surface area contributed by atoms with E-state index in [1.807, 2.05) is 45.0 Å². The number of rotatable bonds is 9. The molecule has 29 heavy (non-hydrogen) atoms. The zero-order valence-corrected chi connectivity index (χ0v) is 19.4. The Kier molecular flexibility index (Phi) is 8.28. The first-order valence-electron chi connectivity index (χ1n) is 10.3. The van der Waals surface area contributed by atoms with Crippen molar-refractivity contribution in [2.75, 3.05) is 6.54 Å². The molecule has 7 heteroatoms. The first kappa shape index (κ1) is 23.4. The maximum Gasteiger partial charge on any atom is 0.262 e. The number of aromatic nitrogens is 2. The van der Waals surface area contributed by atoms with E-state index in [0.717, 1.165) is 6.54 Å². The van der Waals surface area contributed by atoms with Crippen molar-refractivity contribution in [1.29, 1.82) is 0 Å². The Morgan fingerprint density at radius 1 is 1.10 bits per heavy atom. The molecule has 1 aromatic carbocycles. The lowest BCUT2D eigenvalue weighted by atomic mass is 10.2. The average molecular weight is 419 g/mol. The molecule has 160 valence electrons. The van der Waals surface area contributed by atoms with Crippen molar-refractivity contribution < 1.29 is 4.79 Å². The van der Waals surface area contributed by atoms with Gasteiger partial charge in [-0.2, -0.15) is 0 Å². The normalized spacial score (nSPS) is 13.1. The number of carbonyl (C=O) groups excluding carboxylic acids is 1. The van der Waals surface area contributed by atoms with E-state index in [2.05, 4.69) is 37.9 Å². The maximum atomic E-state index is 13.2. The van der Waals surface area contributed by atoms with Gasteiger partial charge in [0.05, 0.1) is 16.2 Å². The van der Waals surface area contributed by atoms with Crippen molar-refractivity contribution in [2.24, 2.45) is 0 Å². The first-order valence-corrected chi connectivity index (χ1v) is 11.2. The van der Waals surface area contributed by atoms with Crippen LogP contribution >= 0.6 is 11.8 Å². The highest BCUT2D eigenvalue weighted by Gasteiger charge is 2.21. The van der Waals surface area contributed by atoms with Gasteiger partial charge in [0.15, 0.2) is 5.16 Å². The summed E-state index contributed by atoms with van der Waals surface area (Å²) in [6.07, 6.45) is 0. The summed E-state index contributed by atoms with van der Waals surface area (Å²) in [4.78, 5) is 32.7. The zero-order chi connectivity index (χ0) is 21.7. The summed E-state index contributed by atoms with van der Waals surface area (Å²) < 4.78 is 1.73. The molecular weight excluding hydrogens is 384 g/mol. The van der Waals surface area contributed by atoms with Crippen LogP contribution in [0, 0.1) is 0 Å². The van der Waals surface area contributed by atoms with Crippen LogP contribution in [0.5, 0.6) is 0 Å². The summed E-state index contributed by atoms with van der Waals surface area (Å²) in [7, 11) is 0. The van der Waals surface area contributed by atoms with Gasteiger partial charge in [-0.3, -0.25) is 19.1 Å². The lowest BCUT2D eigenvalue weighted by molar-refractivity contribution is -0.120. The minimum atomic E-state index is -0.344. The van der Waals surface area contributed by atoms with Gasteiger partial charge < -0.3 is 5.32 Å². The number of hydrogen-bond acceptors (Lipinski definition) is 5. The lowest BCUT2D eigenvalue weighted by Crippen LogP contribution is -2.41. The number of nitrogens with one attached hydrogen (secondary N) is 1. The molecule has 1 atom stereocenters. The number of para-hydroxylation sites is 1. The SMILES string of the molecule is CC(C)NC(=O)C(C)Sc1nc2ccccc2c(=O)n1CCN(C(C)C)C(C)C. The van der Waals surface area contributed by atoms with Gasteiger partial charge in [0.2, 0.25) is 5.91 Å². The van der Waals surface area contributed by atoms with Crippen LogP contribution in [0.25, 0.3) is 10.9 Å². The van der Waals surface area contributed by atoms with Gasteiger partial charge in [-0.05, 0) is 60.6 Å². The van der Waals surface area contributed by atoms with E-state index in [1.165, 1.54) is 11.8 Å². The van der Waals surface area contributed by atoms with E-state index in [4.69, 9.17) is 4.98 Å². The number of nitrogens with zero attached hydrogens (tertiary/aromatic N) is 3. The molecule has 6 nitrogen and oxygen atoms in total. The predicted molar refractivity (Wildman–Crippen MR) is 122 cm³/mol. The maximum absolute atomic E-state index is 13.2. The fraction of sp³-hybridized carbons (Fsp3) is 0.591. The van der Waals surface area contributed by atoms with Crippen LogP contribution in [0.1, 0.15) is 48.5 Å². The predicted octanol–water partition coefficient (Wildman–Crippen LogP) is 3.52. The van der Waals surface area contributed by atoms with Gasteiger partial charge in [-0.15, -0.1) is 0 Å². The molecule has 0 saturated heterocycles. The van der Waals surface area contributed by atoms with Crippen LogP contribution in [0.15, 0.2) is 34.2 Å². The summed E-state index contributed by atoms with van der Waals surface area (Å²) in [5.74, 6) is -0.0510. The Labute approximate surface area is 178 Å². The summed E-state index contributed by atoms with van der Waals surface area (Å²) >= 11 is 1.34. The smallest absolute Gasteiger partial charge is 0.262 e. The van der Waals surface area contributed by atoms with E-state index in [1.54, 1.807) is 4.57 Å². The number of hydrogen-bond donors (Lipinski definition) is 1. The second-order valence-electron chi connectivity index (χ2n) is 8.22. The van der Waals surface area contributed by atoms with Crippen molar-refractivity contribution in [2.45, 2.75) is 83.5 Å². The third kappa shape index (κ3) is 6.06. The summed E-state index contributed by atoms with van der Waals surface area (Å²) in [6, 6.07) is 8.23. The molecule has 0 radical (unpaired) electrons. The van der Waals surface area contributed by atoms with Crippen molar-refractivity contribution in [3.63, 3.8) is 0 Å². The second kappa shape index (κ2) is 10.3. The van der Waals surface area contributed by atoms with E-state index < -0.39 is 0 Å². The molecule has 0 bridgehead atoms. The first-order chi connectivity index (χ1) is 13.6. The Morgan fingerprint density at radius 3 is 2.31 bits per heavy atom. The molecular formula is C22H34N4O2S. The Morgan fingerprint density at radius 2 is 1.72 bits per heavy atom. The molecule has 0 spiro atoms. The molecule has 2 aromatic rings. The van der Waals surface area contributed by atoms with Crippen LogP contribution in [0.4, 0.5) is 0 Å². The van der Waals surface area contributed by atoms with Crippen molar-refractivity contribution >= 4 is 28.6 Å². The van der Waals surface area contributed by atoms with E-state index in [-0.39, 0.29) is 22.8 Å². The highest BCUT2D eigenvalue weighted by Crippen LogP contribution is 2.23. The summed E-state index contributed by atoms with van der Waals surface area (Å²) in [5, 5.41) is 3.78. The standard InChI is InChI=1S/C22H34N4O2S/c1-14(2)23-20(27)17(7)29-22-24-19-11-9-8-10-18(19)21(28)26(22)13-12-25(15(3)4)16(5)6/h8-11,14-17H,12-13H2,1-7H3,(H,23,27). The number of thioether (sulfide) groups is 1. The number of benzene rings is 1. The molecule has 0 aliphatic heterocycles. The van der Waals surface area contributed by atoms with Crippen LogP contribution in [-0.2, 0) is 11.3 Å². The lowest BCUT2D eigenvalue weighted by Gasteiger charge is -2.31. The second-order valence-corrected chi connectivity index (χ2v) is 9.52. The quantitative estimate of drug-likeness (QED) is 0.498. The van der Waals surface area contributed by atoms with Crippen LogP contribution in [0.2, 0.25) is 0 Å². The fourth-order valence-electron chi connectivity index (χ4n) is 3.38. The largest absolute Gasteiger partial charge is 0.353 e.